The van der Waals surface area contributed by atoms with Gasteiger partial charge in [-0.25, -0.2) is 0 Å². The van der Waals surface area contributed by atoms with E-state index in [1.54, 1.807) is 0 Å². The summed E-state index contributed by atoms with van der Waals surface area (Å²) in [6.07, 6.45) is 2.09. The standard InChI is InChI=1S/C36H52N2O/c1-27(2)37(28(3)4)23-21-31-19-20-36(39-26-32-15-11-9-12-16-32)35(25-31)34(33-17-13-10-14-18-33)22-24-38(29(5)6)30(7)8/h9-20,25,27-30,34H,21-24,26H2,1-8H3. The van der Waals surface area contributed by atoms with Gasteiger partial charge in [0, 0.05) is 42.2 Å². The first kappa shape index (κ1) is 30.9. The molecule has 3 aromatic carbocycles. The molecule has 0 aliphatic rings. The minimum atomic E-state index is 0.267. The van der Waals surface area contributed by atoms with Gasteiger partial charge in [0.15, 0.2) is 0 Å². The number of hydrogen-bond acceptors (Lipinski definition) is 3. The van der Waals surface area contributed by atoms with Crippen LogP contribution in [0, 0.1) is 0 Å². The number of rotatable bonds is 15. The molecule has 0 radical (unpaired) electrons. The van der Waals surface area contributed by atoms with Gasteiger partial charge >= 0.3 is 0 Å². The number of ether oxygens (including phenoxy) is 1. The van der Waals surface area contributed by atoms with Crippen molar-refractivity contribution in [1.29, 1.82) is 0 Å². The lowest BCUT2D eigenvalue weighted by molar-refractivity contribution is 0.170. The van der Waals surface area contributed by atoms with Crippen LogP contribution >= 0.6 is 0 Å². The molecule has 0 aromatic heterocycles. The third kappa shape index (κ3) is 9.22. The van der Waals surface area contributed by atoms with Crippen LogP contribution in [-0.2, 0) is 13.0 Å². The highest BCUT2D eigenvalue weighted by Gasteiger charge is 2.23. The predicted octanol–water partition coefficient (Wildman–Crippen LogP) is 8.57. The zero-order chi connectivity index (χ0) is 28.4. The first-order valence-corrected chi connectivity index (χ1v) is 15.0. The number of hydrogen-bond donors (Lipinski definition) is 0. The fourth-order valence-corrected chi connectivity index (χ4v) is 5.84. The molecule has 212 valence electrons. The summed E-state index contributed by atoms with van der Waals surface area (Å²) in [5.41, 5.74) is 5.24. The van der Waals surface area contributed by atoms with Crippen LogP contribution in [-0.4, -0.2) is 47.1 Å². The Labute approximate surface area is 239 Å². The molecular weight excluding hydrogens is 476 g/mol. The fraction of sp³-hybridized carbons (Fsp3) is 0.500. The van der Waals surface area contributed by atoms with E-state index in [4.69, 9.17) is 4.74 Å². The van der Waals surface area contributed by atoms with Crippen molar-refractivity contribution in [3.05, 3.63) is 101 Å². The molecule has 0 aliphatic carbocycles. The SMILES string of the molecule is CC(C)N(CCc1ccc(OCc2ccccc2)c(C(CCN(C(C)C)C(C)C)c2ccccc2)c1)C(C)C. The first-order valence-electron chi connectivity index (χ1n) is 15.0. The van der Waals surface area contributed by atoms with Crippen molar-refractivity contribution in [3.63, 3.8) is 0 Å². The van der Waals surface area contributed by atoms with Crippen molar-refractivity contribution < 1.29 is 4.74 Å². The normalized spacial score (nSPS) is 12.9. The van der Waals surface area contributed by atoms with E-state index in [2.05, 4.69) is 144 Å². The van der Waals surface area contributed by atoms with Gasteiger partial charge in [-0.15, -0.1) is 0 Å². The molecule has 39 heavy (non-hydrogen) atoms. The second-order valence-corrected chi connectivity index (χ2v) is 12.0. The summed E-state index contributed by atoms with van der Waals surface area (Å²) in [6, 6.07) is 30.6. The summed E-state index contributed by atoms with van der Waals surface area (Å²) in [6.45, 7) is 21.1. The van der Waals surface area contributed by atoms with Gasteiger partial charge in [0.05, 0.1) is 0 Å². The molecule has 0 bridgehead atoms. The van der Waals surface area contributed by atoms with Gasteiger partial charge in [0.25, 0.3) is 0 Å². The summed E-state index contributed by atoms with van der Waals surface area (Å²) >= 11 is 0. The lowest BCUT2D eigenvalue weighted by Gasteiger charge is -2.33. The molecule has 0 aliphatic heterocycles. The highest BCUT2D eigenvalue weighted by molar-refractivity contribution is 5.45. The molecule has 1 atom stereocenters. The predicted molar refractivity (Wildman–Crippen MR) is 168 cm³/mol. The Bertz CT molecular complexity index is 1080. The molecular formula is C36H52N2O. The average molecular weight is 529 g/mol. The van der Waals surface area contributed by atoms with Crippen molar-refractivity contribution in [2.45, 2.75) is 105 Å². The zero-order valence-corrected chi connectivity index (χ0v) is 25.7. The van der Waals surface area contributed by atoms with E-state index in [0.717, 1.165) is 31.7 Å². The maximum Gasteiger partial charge on any atom is 0.123 e. The number of benzene rings is 3. The smallest absolute Gasteiger partial charge is 0.123 e. The van der Waals surface area contributed by atoms with Gasteiger partial charge in [0.1, 0.15) is 12.4 Å². The number of nitrogens with zero attached hydrogens (tertiary/aromatic N) is 2. The summed E-state index contributed by atoms with van der Waals surface area (Å²) in [5.74, 6) is 1.27. The van der Waals surface area contributed by atoms with Gasteiger partial charge in [-0.3, -0.25) is 9.80 Å². The Morgan fingerprint density at radius 2 is 1.13 bits per heavy atom. The Morgan fingerprint density at radius 1 is 0.590 bits per heavy atom. The molecule has 0 fully saturated rings. The molecule has 3 aromatic rings. The fourth-order valence-electron chi connectivity index (χ4n) is 5.84. The average Bonchev–Trinajstić information content (AvgIpc) is 2.90. The molecule has 3 nitrogen and oxygen atoms in total. The van der Waals surface area contributed by atoms with Crippen LogP contribution in [0.2, 0.25) is 0 Å². The van der Waals surface area contributed by atoms with E-state index in [0.29, 0.717) is 30.8 Å². The summed E-state index contributed by atoms with van der Waals surface area (Å²) < 4.78 is 6.56. The third-order valence-corrected chi connectivity index (χ3v) is 7.88. The molecule has 0 N–H and O–H groups in total. The quantitative estimate of drug-likeness (QED) is 0.196. The van der Waals surface area contributed by atoms with Crippen LogP contribution in [0.15, 0.2) is 78.9 Å². The van der Waals surface area contributed by atoms with Crippen LogP contribution in [0.5, 0.6) is 5.75 Å². The van der Waals surface area contributed by atoms with Crippen molar-refractivity contribution in [2.75, 3.05) is 13.1 Å². The van der Waals surface area contributed by atoms with Crippen LogP contribution < -0.4 is 4.74 Å². The van der Waals surface area contributed by atoms with E-state index in [1.807, 2.05) is 0 Å². The minimum Gasteiger partial charge on any atom is -0.489 e. The molecule has 1 unspecified atom stereocenters. The van der Waals surface area contributed by atoms with Crippen LogP contribution in [0.3, 0.4) is 0 Å². The van der Waals surface area contributed by atoms with Gasteiger partial charge in [-0.05, 0) is 97.5 Å². The van der Waals surface area contributed by atoms with E-state index in [-0.39, 0.29) is 5.92 Å². The highest BCUT2D eigenvalue weighted by atomic mass is 16.5. The van der Waals surface area contributed by atoms with E-state index in [1.165, 1.54) is 22.3 Å². The lowest BCUT2D eigenvalue weighted by atomic mass is 9.86. The highest BCUT2D eigenvalue weighted by Crippen LogP contribution is 2.36. The molecule has 0 spiro atoms. The Hall–Kier alpha value is -2.62. The molecule has 3 heteroatoms. The van der Waals surface area contributed by atoms with Gasteiger partial charge in [-0.2, -0.15) is 0 Å². The van der Waals surface area contributed by atoms with E-state index >= 15 is 0 Å². The molecule has 0 heterocycles. The van der Waals surface area contributed by atoms with Gasteiger partial charge in [0.2, 0.25) is 0 Å². The molecule has 0 saturated heterocycles. The molecule has 0 amide bonds. The second kappa shape index (κ2) is 15.2. The maximum atomic E-state index is 6.56. The summed E-state index contributed by atoms with van der Waals surface area (Å²) in [5, 5.41) is 0. The Kier molecular flexibility index (Phi) is 12.1. The van der Waals surface area contributed by atoms with Crippen molar-refractivity contribution in [3.8, 4) is 5.75 Å². The first-order chi connectivity index (χ1) is 18.7. The van der Waals surface area contributed by atoms with Gasteiger partial charge in [-0.1, -0.05) is 72.8 Å². The molecule has 3 rings (SSSR count). The van der Waals surface area contributed by atoms with E-state index < -0.39 is 0 Å². The lowest BCUT2D eigenvalue weighted by Crippen LogP contribution is -2.38. The monoisotopic (exact) mass is 528 g/mol. The van der Waals surface area contributed by atoms with E-state index in [9.17, 15) is 0 Å². The zero-order valence-electron chi connectivity index (χ0n) is 25.7. The largest absolute Gasteiger partial charge is 0.489 e. The van der Waals surface area contributed by atoms with Crippen LogP contribution in [0.25, 0.3) is 0 Å². The Morgan fingerprint density at radius 3 is 1.69 bits per heavy atom. The second-order valence-electron chi connectivity index (χ2n) is 12.0. The van der Waals surface area contributed by atoms with Crippen LogP contribution in [0.1, 0.15) is 90.0 Å². The van der Waals surface area contributed by atoms with Crippen molar-refractivity contribution >= 4 is 0 Å². The maximum absolute atomic E-state index is 6.56. The summed E-state index contributed by atoms with van der Waals surface area (Å²) in [7, 11) is 0. The third-order valence-electron chi connectivity index (χ3n) is 7.88. The topological polar surface area (TPSA) is 15.7 Å². The van der Waals surface area contributed by atoms with Gasteiger partial charge < -0.3 is 4.74 Å². The Balaban J connectivity index is 1.98. The van der Waals surface area contributed by atoms with Crippen molar-refractivity contribution in [2.24, 2.45) is 0 Å². The minimum absolute atomic E-state index is 0.267. The van der Waals surface area contributed by atoms with Crippen molar-refractivity contribution in [1.82, 2.24) is 9.80 Å². The van der Waals surface area contributed by atoms with Crippen LogP contribution in [0.4, 0.5) is 0 Å². The molecule has 0 saturated carbocycles. The summed E-state index contributed by atoms with van der Waals surface area (Å²) in [4.78, 5) is 5.19.